The average molecular weight is 351 g/mol. The number of thioether (sulfide) groups is 1. The van der Waals surface area contributed by atoms with Crippen LogP contribution in [0, 0.1) is 17.0 Å². The molecule has 1 atom stereocenters. The van der Waals surface area contributed by atoms with Gasteiger partial charge in [-0.1, -0.05) is 13.8 Å². The summed E-state index contributed by atoms with van der Waals surface area (Å²) in [5, 5.41) is 10.8. The van der Waals surface area contributed by atoms with Gasteiger partial charge in [-0.15, -0.1) is 0 Å². The minimum atomic E-state index is -1.08. The third-order valence-corrected chi connectivity index (χ3v) is 5.87. The summed E-state index contributed by atoms with van der Waals surface area (Å²) in [6.07, 6.45) is 0.843. The van der Waals surface area contributed by atoms with E-state index in [0.29, 0.717) is 5.75 Å². The number of hydrogen-bond acceptors (Lipinski definition) is 2. The van der Waals surface area contributed by atoms with Gasteiger partial charge in [0.15, 0.2) is 0 Å². The first-order chi connectivity index (χ1) is 8.77. The lowest BCUT2D eigenvalue weighted by Gasteiger charge is -2.46. The Bertz CT molecular complexity index is 493. The molecule has 106 valence electrons. The molecule has 0 aromatic heterocycles. The molecule has 0 amide bonds. The molecule has 1 heterocycles. The van der Waals surface area contributed by atoms with Gasteiger partial charge in [-0.05, 0) is 45.7 Å². The second-order valence-electron chi connectivity index (χ2n) is 5.72. The van der Waals surface area contributed by atoms with Gasteiger partial charge in [0.1, 0.15) is 11.6 Å². The Hall–Kier alpha value is -0.130. The molecule has 1 aromatic carbocycles. The molecule has 0 saturated carbocycles. The van der Waals surface area contributed by atoms with Gasteiger partial charge in [-0.3, -0.25) is 0 Å². The molecular weight excluding hydrogens is 334 g/mol. The summed E-state index contributed by atoms with van der Waals surface area (Å²) in [4.78, 5) is 0. The highest BCUT2D eigenvalue weighted by atomic mass is 79.9. The summed E-state index contributed by atoms with van der Waals surface area (Å²) >= 11 is 4.70. The van der Waals surface area contributed by atoms with Gasteiger partial charge in [-0.25, -0.2) is 8.78 Å². The molecular formula is C14H17BrF2OS. The largest absolute Gasteiger partial charge is 0.388 e. The van der Waals surface area contributed by atoms with Crippen molar-refractivity contribution >= 4 is 27.7 Å². The van der Waals surface area contributed by atoms with E-state index < -0.39 is 17.2 Å². The molecule has 0 radical (unpaired) electrons. The summed E-state index contributed by atoms with van der Waals surface area (Å²) in [5.41, 5.74) is -1.47. The van der Waals surface area contributed by atoms with Crippen molar-refractivity contribution < 1.29 is 13.9 Å². The van der Waals surface area contributed by atoms with Crippen LogP contribution in [0.4, 0.5) is 8.78 Å². The molecule has 0 spiro atoms. The number of benzene rings is 1. The second-order valence-corrected chi connectivity index (χ2v) is 7.68. The van der Waals surface area contributed by atoms with E-state index in [4.69, 9.17) is 0 Å². The van der Waals surface area contributed by atoms with Crippen LogP contribution in [0.1, 0.15) is 25.8 Å². The SMILES string of the molecule is CC1(C)CCSCC1(O)Cc1c(F)ccc(Br)c1F. The van der Waals surface area contributed by atoms with E-state index in [9.17, 15) is 13.9 Å². The van der Waals surface area contributed by atoms with Crippen molar-refractivity contribution in [3.63, 3.8) is 0 Å². The number of rotatable bonds is 2. The van der Waals surface area contributed by atoms with Crippen LogP contribution in [-0.2, 0) is 6.42 Å². The predicted octanol–water partition coefficient (Wildman–Crippen LogP) is 4.16. The fourth-order valence-corrected chi connectivity index (χ4v) is 4.31. The number of hydrogen-bond donors (Lipinski definition) is 1. The zero-order chi connectivity index (χ0) is 14.3. The molecule has 1 aromatic rings. The molecule has 1 saturated heterocycles. The Morgan fingerprint density at radius 1 is 1.37 bits per heavy atom. The van der Waals surface area contributed by atoms with Crippen LogP contribution in [0.2, 0.25) is 0 Å². The van der Waals surface area contributed by atoms with Crippen LogP contribution >= 0.6 is 27.7 Å². The van der Waals surface area contributed by atoms with Gasteiger partial charge in [0.25, 0.3) is 0 Å². The smallest absolute Gasteiger partial charge is 0.143 e. The third kappa shape index (κ3) is 2.83. The minimum Gasteiger partial charge on any atom is -0.388 e. The van der Waals surface area contributed by atoms with E-state index in [1.165, 1.54) is 12.1 Å². The maximum atomic E-state index is 14.0. The van der Waals surface area contributed by atoms with Crippen molar-refractivity contribution in [3.8, 4) is 0 Å². The lowest BCUT2D eigenvalue weighted by Crippen LogP contribution is -2.51. The topological polar surface area (TPSA) is 20.2 Å². The Labute approximate surface area is 124 Å². The third-order valence-electron chi connectivity index (χ3n) is 4.08. The first kappa shape index (κ1) is 15.3. The van der Waals surface area contributed by atoms with Crippen molar-refractivity contribution in [1.29, 1.82) is 0 Å². The second kappa shape index (κ2) is 5.34. The zero-order valence-corrected chi connectivity index (χ0v) is 13.4. The Balaban J connectivity index is 2.37. The van der Waals surface area contributed by atoms with E-state index >= 15 is 0 Å². The van der Waals surface area contributed by atoms with E-state index in [0.717, 1.165) is 12.2 Å². The molecule has 5 heteroatoms. The Morgan fingerprint density at radius 2 is 2.05 bits per heavy atom. The standard InChI is InChI=1S/C14H17BrF2OS/c1-13(2)5-6-19-8-14(13,18)7-9-11(16)4-3-10(15)12(9)17/h3-4,18H,5-8H2,1-2H3. The molecule has 1 aliphatic heterocycles. The molecule has 1 aliphatic rings. The molecule has 1 fully saturated rings. The van der Waals surface area contributed by atoms with E-state index in [2.05, 4.69) is 15.9 Å². The van der Waals surface area contributed by atoms with Crippen molar-refractivity contribution in [2.75, 3.05) is 11.5 Å². The predicted molar refractivity (Wildman–Crippen MR) is 78.4 cm³/mol. The van der Waals surface area contributed by atoms with Crippen LogP contribution < -0.4 is 0 Å². The van der Waals surface area contributed by atoms with Gasteiger partial charge in [0.05, 0.1) is 10.1 Å². The zero-order valence-electron chi connectivity index (χ0n) is 11.0. The van der Waals surface area contributed by atoms with Crippen LogP contribution in [-0.4, -0.2) is 22.2 Å². The van der Waals surface area contributed by atoms with Crippen molar-refractivity contribution in [3.05, 3.63) is 33.8 Å². The van der Waals surface area contributed by atoms with E-state index in [1.807, 2.05) is 13.8 Å². The quantitative estimate of drug-likeness (QED) is 0.808. The molecule has 1 unspecified atom stereocenters. The van der Waals surface area contributed by atoms with Crippen LogP contribution in [0.3, 0.4) is 0 Å². The van der Waals surface area contributed by atoms with Gasteiger partial charge in [-0.2, -0.15) is 11.8 Å². The number of aliphatic hydroxyl groups is 1. The van der Waals surface area contributed by atoms with Gasteiger partial charge < -0.3 is 5.11 Å². The number of halogens is 3. The summed E-state index contributed by atoms with van der Waals surface area (Å²) in [7, 11) is 0. The molecule has 2 rings (SSSR count). The van der Waals surface area contributed by atoms with Crippen LogP contribution in [0.5, 0.6) is 0 Å². The molecule has 0 aliphatic carbocycles. The lowest BCUT2D eigenvalue weighted by atomic mass is 9.70. The first-order valence-electron chi connectivity index (χ1n) is 6.19. The van der Waals surface area contributed by atoms with Crippen molar-refractivity contribution in [2.45, 2.75) is 32.3 Å². The highest BCUT2D eigenvalue weighted by Crippen LogP contribution is 2.44. The van der Waals surface area contributed by atoms with Gasteiger partial charge >= 0.3 is 0 Å². The molecule has 1 N–H and O–H groups in total. The lowest BCUT2D eigenvalue weighted by molar-refractivity contribution is -0.0524. The first-order valence-corrected chi connectivity index (χ1v) is 8.14. The maximum Gasteiger partial charge on any atom is 0.143 e. The molecule has 1 nitrogen and oxygen atoms in total. The van der Waals surface area contributed by atoms with Gasteiger partial charge in [0, 0.05) is 17.7 Å². The van der Waals surface area contributed by atoms with Crippen molar-refractivity contribution in [1.82, 2.24) is 0 Å². The summed E-state index contributed by atoms with van der Waals surface area (Å²) in [5.74, 6) is 0.268. The van der Waals surface area contributed by atoms with Crippen molar-refractivity contribution in [2.24, 2.45) is 5.41 Å². The van der Waals surface area contributed by atoms with Gasteiger partial charge in [0.2, 0.25) is 0 Å². The van der Waals surface area contributed by atoms with E-state index in [1.54, 1.807) is 11.8 Å². The summed E-state index contributed by atoms with van der Waals surface area (Å²) in [6, 6.07) is 2.58. The molecule has 0 bridgehead atoms. The van der Waals surface area contributed by atoms with Crippen LogP contribution in [0.25, 0.3) is 0 Å². The van der Waals surface area contributed by atoms with Crippen LogP contribution in [0.15, 0.2) is 16.6 Å². The highest BCUT2D eigenvalue weighted by molar-refractivity contribution is 9.10. The van der Waals surface area contributed by atoms with E-state index in [-0.39, 0.29) is 21.9 Å². The Morgan fingerprint density at radius 3 is 2.68 bits per heavy atom. The minimum absolute atomic E-state index is 0.00407. The normalized spacial score (nSPS) is 26.4. The summed E-state index contributed by atoms with van der Waals surface area (Å²) < 4.78 is 28.1. The summed E-state index contributed by atoms with van der Waals surface area (Å²) in [6.45, 7) is 3.92. The Kier molecular flexibility index (Phi) is 4.29. The molecule has 19 heavy (non-hydrogen) atoms. The fraction of sp³-hybridized carbons (Fsp3) is 0.571. The fourth-order valence-electron chi connectivity index (χ4n) is 2.31. The maximum absolute atomic E-state index is 14.0. The average Bonchev–Trinajstić information content (AvgIpc) is 2.34. The monoisotopic (exact) mass is 350 g/mol. The highest BCUT2D eigenvalue weighted by Gasteiger charge is 2.46.